The fourth-order valence-electron chi connectivity index (χ4n) is 2.51. The minimum atomic E-state index is 0.824. The maximum absolute atomic E-state index is 5.53. The topological polar surface area (TPSA) is 25.4 Å². The molecule has 0 unspecified atom stereocenters. The van der Waals surface area contributed by atoms with E-state index in [4.69, 9.17) is 4.74 Å². The van der Waals surface area contributed by atoms with Crippen LogP contribution in [0.1, 0.15) is 16.7 Å². The van der Waals surface area contributed by atoms with Gasteiger partial charge in [-0.25, -0.2) is 0 Å². The van der Waals surface area contributed by atoms with Crippen LogP contribution >= 0.6 is 0 Å². The van der Waals surface area contributed by atoms with Crippen LogP contribution in [0.5, 0.6) is 5.75 Å². The van der Waals surface area contributed by atoms with Crippen LogP contribution in [0.3, 0.4) is 0 Å². The molecule has 0 bridgehead atoms. The third-order valence-electron chi connectivity index (χ3n) is 3.38. The average Bonchev–Trinajstić information content (AvgIpc) is 2.87. The number of aromatic nitrogens is 1. The summed E-state index contributed by atoms with van der Waals surface area (Å²) in [6, 6.07) is 10.6. The highest BCUT2D eigenvalue weighted by Crippen LogP contribution is 2.26. The van der Waals surface area contributed by atoms with Gasteiger partial charge in [0.2, 0.25) is 0 Å². The number of hydrogen-bond donors (Lipinski definition) is 0. The zero-order valence-corrected chi connectivity index (χ0v) is 11.2. The first-order chi connectivity index (χ1) is 9.31. The second-order valence-corrected chi connectivity index (χ2v) is 5.07. The van der Waals surface area contributed by atoms with Crippen LogP contribution in [0.15, 0.2) is 42.7 Å². The summed E-state index contributed by atoms with van der Waals surface area (Å²) in [6.07, 6.45) is 4.77. The highest BCUT2D eigenvalue weighted by atomic mass is 16.5. The van der Waals surface area contributed by atoms with Crippen LogP contribution in [-0.4, -0.2) is 23.5 Å². The lowest BCUT2D eigenvalue weighted by atomic mass is 10.1. The molecule has 0 atom stereocenters. The summed E-state index contributed by atoms with van der Waals surface area (Å²) in [5.74, 6) is 1.05. The predicted molar refractivity (Wildman–Crippen MR) is 75.0 cm³/mol. The lowest BCUT2D eigenvalue weighted by Crippen LogP contribution is -2.17. The van der Waals surface area contributed by atoms with Gasteiger partial charge in [0.1, 0.15) is 5.75 Å². The lowest BCUT2D eigenvalue weighted by Gasteiger charge is -2.17. The van der Waals surface area contributed by atoms with E-state index in [2.05, 4.69) is 41.2 Å². The van der Waals surface area contributed by atoms with Crippen molar-refractivity contribution in [1.82, 2.24) is 9.88 Å². The molecule has 1 aromatic carbocycles. The smallest absolute Gasteiger partial charge is 0.122 e. The molecule has 0 N–H and O–H groups in total. The van der Waals surface area contributed by atoms with E-state index in [0.717, 1.165) is 31.9 Å². The number of pyridine rings is 1. The second kappa shape index (κ2) is 5.41. The summed E-state index contributed by atoms with van der Waals surface area (Å²) in [7, 11) is 2.14. The number of hydrogen-bond acceptors (Lipinski definition) is 3. The SMILES string of the molecule is CN(Cc1cccnc1)Cc1ccc2c(c1)CCO2. The fourth-order valence-corrected chi connectivity index (χ4v) is 2.51. The minimum Gasteiger partial charge on any atom is -0.493 e. The van der Waals surface area contributed by atoms with E-state index in [0.29, 0.717) is 0 Å². The highest BCUT2D eigenvalue weighted by molar-refractivity contribution is 5.39. The minimum absolute atomic E-state index is 0.824. The predicted octanol–water partition coefficient (Wildman–Crippen LogP) is 2.65. The number of benzene rings is 1. The van der Waals surface area contributed by atoms with Crippen molar-refractivity contribution in [3.63, 3.8) is 0 Å². The molecule has 1 aliphatic rings. The van der Waals surface area contributed by atoms with Crippen molar-refractivity contribution in [2.75, 3.05) is 13.7 Å². The van der Waals surface area contributed by atoms with Crippen LogP contribution in [0.25, 0.3) is 0 Å². The molecule has 0 fully saturated rings. The first kappa shape index (κ1) is 12.2. The Hall–Kier alpha value is -1.87. The van der Waals surface area contributed by atoms with Crippen molar-refractivity contribution in [3.8, 4) is 5.75 Å². The van der Waals surface area contributed by atoms with Gasteiger partial charge < -0.3 is 4.74 Å². The Labute approximate surface area is 113 Å². The Morgan fingerprint density at radius 3 is 2.95 bits per heavy atom. The van der Waals surface area contributed by atoms with Crippen LogP contribution < -0.4 is 4.74 Å². The molecule has 0 saturated carbocycles. The van der Waals surface area contributed by atoms with Crippen LogP contribution in [-0.2, 0) is 19.5 Å². The quantitative estimate of drug-likeness (QED) is 0.838. The summed E-state index contributed by atoms with van der Waals surface area (Å²) in [4.78, 5) is 6.45. The van der Waals surface area contributed by atoms with Gasteiger partial charge in [-0.3, -0.25) is 9.88 Å². The molecule has 0 aliphatic carbocycles. The molecule has 3 heteroatoms. The maximum Gasteiger partial charge on any atom is 0.122 e. The Bertz CT molecular complexity index is 554. The third kappa shape index (κ3) is 2.93. The molecule has 0 radical (unpaired) electrons. The fraction of sp³-hybridized carbons (Fsp3) is 0.312. The van der Waals surface area contributed by atoms with Crippen molar-refractivity contribution in [2.45, 2.75) is 19.5 Å². The van der Waals surface area contributed by atoms with E-state index in [1.807, 2.05) is 18.5 Å². The molecule has 98 valence electrons. The highest BCUT2D eigenvalue weighted by Gasteiger charge is 2.12. The maximum atomic E-state index is 5.53. The Kier molecular flexibility index (Phi) is 3.47. The molecule has 2 heterocycles. The Morgan fingerprint density at radius 1 is 1.21 bits per heavy atom. The van der Waals surface area contributed by atoms with Gasteiger partial charge in [0, 0.05) is 31.9 Å². The normalized spacial score (nSPS) is 13.4. The molecular weight excluding hydrogens is 236 g/mol. The van der Waals surface area contributed by atoms with E-state index < -0.39 is 0 Å². The molecule has 3 nitrogen and oxygen atoms in total. The average molecular weight is 254 g/mol. The van der Waals surface area contributed by atoms with E-state index >= 15 is 0 Å². The molecule has 0 saturated heterocycles. The molecule has 0 amide bonds. The van der Waals surface area contributed by atoms with Gasteiger partial charge in [0.25, 0.3) is 0 Å². The number of nitrogens with zero attached hydrogens (tertiary/aromatic N) is 2. The monoisotopic (exact) mass is 254 g/mol. The van der Waals surface area contributed by atoms with Crippen LogP contribution in [0.4, 0.5) is 0 Å². The Morgan fingerprint density at radius 2 is 2.11 bits per heavy atom. The van der Waals surface area contributed by atoms with E-state index in [9.17, 15) is 0 Å². The summed E-state index contributed by atoms with van der Waals surface area (Å²) in [5.41, 5.74) is 3.93. The number of fused-ring (bicyclic) bond motifs is 1. The summed E-state index contributed by atoms with van der Waals surface area (Å²) < 4.78 is 5.53. The van der Waals surface area contributed by atoms with Crippen molar-refractivity contribution >= 4 is 0 Å². The zero-order chi connectivity index (χ0) is 13.1. The molecule has 2 aromatic rings. The van der Waals surface area contributed by atoms with E-state index in [1.54, 1.807) is 0 Å². The first-order valence-electron chi connectivity index (χ1n) is 6.63. The Balaban J connectivity index is 1.65. The van der Waals surface area contributed by atoms with Gasteiger partial charge in [-0.15, -0.1) is 0 Å². The van der Waals surface area contributed by atoms with Gasteiger partial charge >= 0.3 is 0 Å². The molecule has 3 rings (SSSR count). The van der Waals surface area contributed by atoms with E-state index in [-0.39, 0.29) is 0 Å². The molecule has 1 aromatic heterocycles. The van der Waals surface area contributed by atoms with Gasteiger partial charge in [0.05, 0.1) is 6.61 Å². The van der Waals surface area contributed by atoms with Gasteiger partial charge in [-0.05, 0) is 35.9 Å². The molecule has 19 heavy (non-hydrogen) atoms. The molecule has 1 aliphatic heterocycles. The van der Waals surface area contributed by atoms with Crippen LogP contribution in [0.2, 0.25) is 0 Å². The third-order valence-corrected chi connectivity index (χ3v) is 3.38. The van der Waals surface area contributed by atoms with Crippen molar-refractivity contribution < 1.29 is 4.74 Å². The van der Waals surface area contributed by atoms with Crippen LogP contribution in [0, 0.1) is 0 Å². The number of rotatable bonds is 4. The summed E-state index contributed by atoms with van der Waals surface area (Å²) >= 11 is 0. The largest absolute Gasteiger partial charge is 0.493 e. The van der Waals surface area contributed by atoms with E-state index in [1.165, 1.54) is 16.7 Å². The van der Waals surface area contributed by atoms with Gasteiger partial charge in [0.15, 0.2) is 0 Å². The molecule has 0 spiro atoms. The first-order valence-corrected chi connectivity index (χ1v) is 6.63. The van der Waals surface area contributed by atoms with Crippen molar-refractivity contribution in [2.24, 2.45) is 0 Å². The van der Waals surface area contributed by atoms with Gasteiger partial charge in [-0.1, -0.05) is 18.2 Å². The van der Waals surface area contributed by atoms with Crippen molar-refractivity contribution in [3.05, 3.63) is 59.4 Å². The number of ether oxygens (including phenoxy) is 1. The standard InChI is InChI=1S/C16H18N2O/c1-18(12-14-3-2-7-17-10-14)11-13-4-5-16-15(9-13)6-8-19-16/h2-5,7,9-10H,6,8,11-12H2,1H3. The second-order valence-electron chi connectivity index (χ2n) is 5.07. The summed E-state index contributed by atoms with van der Waals surface area (Å²) in [5, 5.41) is 0. The summed E-state index contributed by atoms with van der Waals surface area (Å²) in [6.45, 7) is 2.69. The van der Waals surface area contributed by atoms with Gasteiger partial charge in [-0.2, -0.15) is 0 Å². The lowest BCUT2D eigenvalue weighted by molar-refractivity contribution is 0.318. The molecular formula is C16H18N2O. The van der Waals surface area contributed by atoms with Crippen molar-refractivity contribution in [1.29, 1.82) is 0 Å². The zero-order valence-electron chi connectivity index (χ0n) is 11.2.